The molecule has 0 aliphatic carbocycles. The number of nitrogens with zero attached hydrogens (tertiary/aromatic N) is 2. The number of ether oxygens (including phenoxy) is 1. The highest BCUT2D eigenvalue weighted by Crippen LogP contribution is 2.44. The van der Waals surface area contributed by atoms with Crippen LogP contribution in [0, 0.1) is 10.1 Å². The first-order valence-electron chi connectivity index (χ1n) is 11.3. The van der Waals surface area contributed by atoms with E-state index in [0.717, 1.165) is 30.4 Å². The molecule has 0 saturated carbocycles. The third-order valence-corrected chi connectivity index (χ3v) is 9.46. The molecule has 0 bridgehead atoms. The molecule has 0 fully saturated rings. The van der Waals surface area contributed by atoms with E-state index in [4.69, 9.17) is 8.37 Å². The van der Waals surface area contributed by atoms with E-state index in [0.29, 0.717) is 21.1 Å². The number of allylic oxidation sites excluding steroid dienone is 1. The third-order valence-electron chi connectivity index (χ3n) is 5.80. The van der Waals surface area contributed by atoms with Gasteiger partial charge in [0.2, 0.25) is 0 Å². The number of hydrogen-bond donors (Lipinski definition) is 0. The van der Waals surface area contributed by atoms with Crippen molar-refractivity contribution in [2.45, 2.75) is 23.6 Å². The van der Waals surface area contributed by atoms with Crippen molar-refractivity contribution in [3.63, 3.8) is 0 Å². The third kappa shape index (κ3) is 4.92. The molecule has 1 unspecified atom stereocenters. The molecule has 0 N–H and O–H groups in total. The number of nitro benzene ring substituents is 1. The van der Waals surface area contributed by atoms with Crippen molar-refractivity contribution in [3.8, 4) is 0 Å². The number of anilines is 1. The van der Waals surface area contributed by atoms with Crippen LogP contribution in [-0.4, -0.2) is 38.4 Å². The highest BCUT2D eigenvalue weighted by molar-refractivity contribution is 8.17. The number of para-hydroxylation sites is 1. The molecule has 3 aromatic rings. The van der Waals surface area contributed by atoms with Crippen LogP contribution < -0.4 is 4.90 Å². The maximum absolute atomic E-state index is 13.4. The Kier molecular flexibility index (Phi) is 7.58. The van der Waals surface area contributed by atoms with Gasteiger partial charge < -0.3 is 9.64 Å². The molecule has 188 valence electrons. The Balaban J connectivity index is 1.90. The Morgan fingerprint density at radius 1 is 0.944 bits per heavy atom. The molecule has 10 heteroatoms. The van der Waals surface area contributed by atoms with E-state index in [1.165, 1.54) is 18.2 Å². The summed E-state index contributed by atoms with van der Waals surface area (Å²) in [5.41, 5.74) is 1.97. The van der Waals surface area contributed by atoms with Crippen LogP contribution in [0.15, 0.2) is 88.7 Å². The first-order chi connectivity index (χ1) is 17.3. The molecule has 0 spiro atoms. The van der Waals surface area contributed by atoms with Crippen LogP contribution in [0.5, 0.6) is 0 Å². The van der Waals surface area contributed by atoms with Crippen LogP contribution in [0.4, 0.5) is 11.4 Å². The van der Waals surface area contributed by atoms with Gasteiger partial charge in [-0.05, 0) is 49.8 Å². The standard InChI is InChI=1S/C26H26N2O6S2/c1-4-27(5-2)20-16-14-19(15-17-20)25-18-23(33-3)21-10-6-8-12-24(21)35(25)34-36(31,32)26-13-9-7-11-22(26)28(29)30/h6-18H,4-5H2,1-3H3. The minimum Gasteiger partial charge on any atom is -0.496 e. The largest absolute Gasteiger partial charge is 0.496 e. The van der Waals surface area contributed by atoms with Crippen molar-refractivity contribution in [2.24, 2.45) is 0 Å². The molecule has 1 atom stereocenters. The van der Waals surface area contributed by atoms with Crippen LogP contribution >= 0.6 is 10.8 Å². The lowest BCUT2D eigenvalue weighted by Gasteiger charge is -2.24. The zero-order valence-corrected chi connectivity index (χ0v) is 21.7. The smallest absolute Gasteiger partial charge is 0.314 e. The summed E-state index contributed by atoms with van der Waals surface area (Å²) in [7, 11) is -4.35. The van der Waals surface area contributed by atoms with Crippen LogP contribution in [-0.2, 0) is 18.5 Å². The van der Waals surface area contributed by atoms with Crippen molar-refractivity contribution in [1.82, 2.24) is 0 Å². The Hall–Kier alpha value is -3.47. The van der Waals surface area contributed by atoms with E-state index in [-0.39, 0.29) is 0 Å². The molecule has 8 nitrogen and oxygen atoms in total. The number of nitro groups is 1. The average Bonchev–Trinajstić information content (AvgIpc) is 2.90. The fourth-order valence-corrected chi connectivity index (χ4v) is 7.62. The van der Waals surface area contributed by atoms with Crippen molar-refractivity contribution < 1.29 is 21.7 Å². The molecule has 1 heterocycles. The summed E-state index contributed by atoms with van der Waals surface area (Å²) in [6.07, 6.45) is 1.77. The summed E-state index contributed by atoms with van der Waals surface area (Å²) in [4.78, 5) is 13.7. The van der Waals surface area contributed by atoms with E-state index in [1.807, 2.05) is 36.4 Å². The van der Waals surface area contributed by atoms with Gasteiger partial charge in [-0.3, -0.25) is 10.1 Å². The number of rotatable bonds is 9. The summed E-state index contributed by atoms with van der Waals surface area (Å²) in [5, 5.41) is 11.5. The molecule has 1 aliphatic heterocycles. The maximum atomic E-state index is 13.4. The quantitative estimate of drug-likeness (QED) is 0.203. The van der Waals surface area contributed by atoms with Gasteiger partial charge in [0, 0.05) is 50.9 Å². The molecule has 0 amide bonds. The molecule has 0 saturated heterocycles. The summed E-state index contributed by atoms with van der Waals surface area (Å²) in [5.74, 6) is 0.573. The highest BCUT2D eigenvalue weighted by atomic mass is 32.3. The molecule has 0 radical (unpaired) electrons. The highest BCUT2D eigenvalue weighted by Gasteiger charge is 2.31. The number of methoxy groups -OCH3 is 1. The summed E-state index contributed by atoms with van der Waals surface area (Å²) in [6.45, 7) is 5.87. The lowest BCUT2D eigenvalue weighted by Crippen LogP contribution is -2.21. The first kappa shape index (κ1) is 25.6. The van der Waals surface area contributed by atoms with Crippen molar-refractivity contribution in [2.75, 3.05) is 25.1 Å². The van der Waals surface area contributed by atoms with E-state index in [2.05, 4.69) is 18.7 Å². The second-order valence-corrected chi connectivity index (χ2v) is 11.1. The van der Waals surface area contributed by atoms with E-state index in [9.17, 15) is 18.5 Å². The summed E-state index contributed by atoms with van der Waals surface area (Å²) < 4.78 is 38.2. The fraction of sp³-hybridized carbons (Fsp3) is 0.192. The Morgan fingerprint density at radius 2 is 1.58 bits per heavy atom. The number of hydrogen-bond acceptors (Lipinski definition) is 7. The Labute approximate surface area is 213 Å². The zero-order chi connectivity index (χ0) is 25.9. The number of benzene rings is 3. The topological polar surface area (TPSA) is 99.0 Å². The second kappa shape index (κ2) is 10.7. The maximum Gasteiger partial charge on any atom is 0.314 e. The van der Waals surface area contributed by atoms with E-state index in [1.54, 1.807) is 25.3 Å². The van der Waals surface area contributed by atoms with Crippen molar-refractivity contribution >= 4 is 42.9 Å². The fourth-order valence-electron chi connectivity index (χ4n) is 4.00. The average molecular weight is 527 g/mol. The van der Waals surface area contributed by atoms with Crippen LogP contribution in [0.1, 0.15) is 25.0 Å². The molecule has 0 aromatic heterocycles. The van der Waals surface area contributed by atoms with Gasteiger partial charge >= 0.3 is 10.1 Å². The minimum atomic E-state index is -4.50. The van der Waals surface area contributed by atoms with Gasteiger partial charge in [-0.25, -0.2) is 0 Å². The zero-order valence-electron chi connectivity index (χ0n) is 20.1. The van der Waals surface area contributed by atoms with Crippen molar-refractivity contribution in [3.05, 3.63) is 100 Å². The predicted molar refractivity (Wildman–Crippen MR) is 143 cm³/mol. The van der Waals surface area contributed by atoms with Crippen molar-refractivity contribution in [1.29, 1.82) is 0 Å². The van der Waals surface area contributed by atoms with Crippen LogP contribution in [0.25, 0.3) is 5.76 Å². The Bertz CT molecular complexity index is 1460. The van der Waals surface area contributed by atoms with E-state index < -0.39 is 36.4 Å². The molecule has 36 heavy (non-hydrogen) atoms. The van der Waals surface area contributed by atoms with Gasteiger partial charge in [0.25, 0.3) is 5.69 Å². The molecule has 3 aromatic carbocycles. The molecular formula is C26H26N2O6S2. The van der Waals surface area contributed by atoms with E-state index >= 15 is 0 Å². The lowest BCUT2D eigenvalue weighted by atomic mass is 10.1. The predicted octanol–water partition coefficient (Wildman–Crippen LogP) is 5.61. The number of fused-ring (bicyclic) bond motifs is 1. The van der Waals surface area contributed by atoms with Gasteiger partial charge in [0.1, 0.15) is 5.76 Å². The minimum absolute atomic E-state index is 0.488. The van der Waals surface area contributed by atoms with Gasteiger partial charge in [-0.15, -0.1) is 0 Å². The molecular weight excluding hydrogens is 500 g/mol. The first-order valence-corrected chi connectivity index (χ1v) is 13.9. The monoisotopic (exact) mass is 526 g/mol. The normalized spacial score (nSPS) is 15.1. The molecule has 4 rings (SSSR count). The van der Waals surface area contributed by atoms with Gasteiger partial charge in [-0.1, -0.05) is 42.5 Å². The van der Waals surface area contributed by atoms with Gasteiger partial charge in [-0.2, -0.15) is 12.0 Å². The summed E-state index contributed by atoms with van der Waals surface area (Å²) >= 11 is 0. The Morgan fingerprint density at radius 3 is 2.22 bits per heavy atom. The SMILES string of the molecule is CCN(CC)c1ccc(C2=S(OS(=O)(=O)c3ccccc3[N+](=O)[O-])c3ccccc3C(OC)=C2)cc1. The summed E-state index contributed by atoms with van der Waals surface area (Å²) in [6, 6.07) is 20.2. The lowest BCUT2D eigenvalue weighted by molar-refractivity contribution is -0.387. The second-order valence-electron chi connectivity index (χ2n) is 7.81. The van der Waals surface area contributed by atoms with Crippen LogP contribution in [0.3, 0.4) is 0 Å². The van der Waals surface area contributed by atoms with Gasteiger partial charge in [0.15, 0.2) is 4.90 Å². The van der Waals surface area contributed by atoms with Crippen LogP contribution in [0.2, 0.25) is 0 Å². The van der Waals surface area contributed by atoms with Gasteiger partial charge in [0.05, 0.1) is 12.0 Å². The molecule has 1 aliphatic rings.